The minimum atomic E-state index is 1.05. The second kappa shape index (κ2) is 8.55. The maximum atomic E-state index is 2.26. The lowest BCUT2D eigenvalue weighted by molar-refractivity contribution is 1.04. The molecule has 1 aliphatic rings. The van der Waals surface area contributed by atoms with E-state index in [2.05, 4.69) is 55.0 Å². The van der Waals surface area contributed by atoms with Crippen molar-refractivity contribution >= 4 is 0 Å². The van der Waals surface area contributed by atoms with E-state index in [-0.39, 0.29) is 0 Å². The second-order valence-corrected chi connectivity index (χ2v) is 3.36. The van der Waals surface area contributed by atoms with Crippen molar-refractivity contribution in [1.82, 2.24) is 0 Å². The molecule has 1 aliphatic carbocycles. The van der Waals surface area contributed by atoms with Crippen molar-refractivity contribution < 1.29 is 0 Å². The highest BCUT2D eigenvalue weighted by Crippen LogP contribution is 2.00. The molecule has 0 heterocycles. The summed E-state index contributed by atoms with van der Waals surface area (Å²) < 4.78 is 0. The minimum Gasteiger partial charge on any atom is -0.0879 e. The number of allylic oxidation sites excluding steroid dienone is 8. The van der Waals surface area contributed by atoms with Gasteiger partial charge in [-0.3, -0.25) is 0 Å². The zero-order chi connectivity index (χ0) is 9.90. The predicted octanol–water partition coefficient (Wildman–Crippen LogP) is 4.38. The maximum Gasteiger partial charge on any atom is -0.0133 e. The highest BCUT2D eigenvalue weighted by Gasteiger charge is 1.80. The fourth-order valence-corrected chi connectivity index (χ4v) is 1.30. The van der Waals surface area contributed by atoms with Gasteiger partial charge in [0.25, 0.3) is 0 Å². The first-order valence-electron chi connectivity index (χ1n) is 5.43. The van der Waals surface area contributed by atoms with Gasteiger partial charge >= 0.3 is 0 Å². The monoisotopic (exact) mass is 187 g/mol. The number of hydrogen-bond acceptors (Lipinski definition) is 0. The maximum absolute atomic E-state index is 2.26. The molecule has 75 valence electrons. The van der Waals surface area contributed by atoms with Crippen LogP contribution in [0.2, 0.25) is 0 Å². The molecule has 0 aromatic heterocycles. The molecule has 1 radical (unpaired) electrons. The van der Waals surface area contributed by atoms with Gasteiger partial charge in [-0.25, -0.2) is 0 Å². The van der Waals surface area contributed by atoms with Gasteiger partial charge in [-0.1, -0.05) is 48.6 Å². The predicted molar refractivity (Wildman–Crippen MR) is 63.9 cm³/mol. The lowest BCUT2D eigenvalue weighted by Gasteiger charge is -1.90. The summed E-state index contributed by atoms with van der Waals surface area (Å²) in [5.41, 5.74) is 0. The number of hydrogen-bond donors (Lipinski definition) is 0. The normalized spacial score (nSPS) is 28.6. The first-order chi connectivity index (χ1) is 7.00. The van der Waals surface area contributed by atoms with E-state index in [0.29, 0.717) is 0 Å². The first-order valence-corrected chi connectivity index (χ1v) is 5.43. The molecule has 0 N–H and O–H groups in total. The van der Waals surface area contributed by atoms with Gasteiger partial charge in [0, 0.05) is 0 Å². The van der Waals surface area contributed by atoms with Gasteiger partial charge in [-0.05, 0) is 38.5 Å². The quantitative estimate of drug-likeness (QED) is 0.494. The summed E-state index contributed by atoms with van der Waals surface area (Å²) in [6, 6.07) is 0. The molecule has 0 amide bonds. The third-order valence-electron chi connectivity index (χ3n) is 2.09. The van der Waals surface area contributed by atoms with Crippen LogP contribution in [-0.4, -0.2) is 0 Å². The largest absolute Gasteiger partial charge is 0.0879 e. The molecule has 0 heteroatoms. The Balaban J connectivity index is 2.33. The average Bonchev–Trinajstić information content (AvgIpc) is 2.22. The van der Waals surface area contributed by atoms with E-state index in [1.807, 2.05) is 0 Å². The van der Waals surface area contributed by atoms with Crippen LogP contribution < -0.4 is 0 Å². The summed E-state index contributed by atoms with van der Waals surface area (Å²) in [4.78, 5) is 0. The van der Waals surface area contributed by atoms with Crippen LogP contribution in [0.15, 0.2) is 48.6 Å². The van der Waals surface area contributed by atoms with Gasteiger partial charge in [0.15, 0.2) is 0 Å². The topological polar surface area (TPSA) is 0 Å². The summed E-state index contributed by atoms with van der Waals surface area (Å²) in [5.74, 6) is 0. The SMILES string of the molecule is [CH]1/C=C/C/C=C/CC/C=C/C/C=C/C1. The van der Waals surface area contributed by atoms with Gasteiger partial charge in [0.1, 0.15) is 0 Å². The molecule has 0 aliphatic heterocycles. The molecule has 0 atom stereocenters. The van der Waals surface area contributed by atoms with Crippen molar-refractivity contribution in [2.45, 2.75) is 32.1 Å². The molecule has 0 saturated carbocycles. The average molecular weight is 187 g/mol. The third kappa shape index (κ3) is 6.47. The molecule has 0 aromatic carbocycles. The van der Waals surface area contributed by atoms with Crippen LogP contribution in [0.1, 0.15) is 32.1 Å². The van der Waals surface area contributed by atoms with Crippen LogP contribution in [0.4, 0.5) is 0 Å². The minimum absolute atomic E-state index is 1.05. The van der Waals surface area contributed by atoms with Crippen LogP contribution in [0.5, 0.6) is 0 Å². The van der Waals surface area contributed by atoms with E-state index in [1.54, 1.807) is 0 Å². The van der Waals surface area contributed by atoms with Gasteiger partial charge in [-0.15, -0.1) is 0 Å². The molecule has 0 nitrogen and oxygen atoms in total. The molecule has 0 aromatic rings. The second-order valence-electron chi connectivity index (χ2n) is 3.36. The highest BCUT2D eigenvalue weighted by molar-refractivity contribution is 5.04. The Morgan fingerprint density at radius 2 is 1.07 bits per heavy atom. The molecule has 1 rings (SSSR count). The fraction of sp³-hybridized carbons (Fsp3) is 0.357. The van der Waals surface area contributed by atoms with Crippen molar-refractivity contribution in [2.24, 2.45) is 0 Å². The zero-order valence-corrected chi connectivity index (χ0v) is 8.73. The summed E-state index contributed by atoms with van der Waals surface area (Å²) in [7, 11) is 0. The van der Waals surface area contributed by atoms with E-state index in [0.717, 1.165) is 25.7 Å². The Labute approximate surface area is 87.7 Å². The standard InChI is InChI=1S/C14H19/c1-2-4-6-8-10-12-14-13-11-9-7-5-3-1/h1-3,6-9,12,14H,4-5,10-11,13H2/b3-1+,8-6+,9-7+,14-12+. The van der Waals surface area contributed by atoms with Crippen molar-refractivity contribution in [2.75, 3.05) is 0 Å². The molecule has 0 saturated heterocycles. The molecule has 0 bridgehead atoms. The summed E-state index contributed by atoms with van der Waals surface area (Å²) in [6.07, 6.45) is 25.5. The van der Waals surface area contributed by atoms with Gasteiger partial charge < -0.3 is 0 Å². The van der Waals surface area contributed by atoms with Gasteiger partial charge in [-0.2, -0.15) is 0 Å². The summed E-state index contributed by atoms with van der Waals surface area (Å²) in [6.45, 7) is 0. The van der Waals surface area contributed by atoms with Crippen molar-refractivity contribution in [3.05, 3.63) is 55.0 Å². The Hall–Kier alpha value is -1.04. The highest BCUT2D eigenvalue weighted by atomic mass is 13.9. The van der Waals surface area contributed by atoms with Crippen LogP contribution in [0.3, 0.4) is 0 Å². The van der Waals surface area contributed by atoms with Gasteiger partial charge in [0.2, 0.25) is 0 Å². The Bertz CT molecular complexity index is 178. The van der Waals surface area contributed by atoms with Crippen molar-refractivity contribution in [3.63, 3.8) is 0 Å². The third-order valence-corrected chi connectivity index (χ3v) is 2.09. The smallest absolute Gasteiger partial charge is 0.0133 e. The lowest BCUT2D eigenvalue weighted by atomic mass is 10.2. The summed E-state index contributed by atoms with van der Waals surface area (Å²) in [5, 5.41) is 0. The molecule has 14 heavy (non-hydrogen) atoms. The Kier molecular flexibility index (Phi) is 6.74. The van der Waals surface area contributed by atoms with Crippen LogP contribution in [0, 0.1) is 6.42 Å². The number of rotatable bonds is 0. The fourth-order valence-electron chi connectivity index (χ4n) is 1.30. The molecular weight excluding hydrogens is 168 g/mol. The Morgan fingerprint density at radius 1 is 0.500 bits per heavy atom. The first kappa shape index (κ1) is 11.0. The van der Waals surface area contributed by atoms with Crippen molar-refractivity contribution in [1.29, 1.82) is 0 Å². The van der Waals surface area contributed by atoms with Crippen molar-refractivity contribution in [3.8, 4) is 0 Å². The van der Waals surface area contributed by atoms with Crippen LogP contribution in [0.25, 0.3) is 0 Å². The lowest BCUT2D eigenvalue weighted by Crippen LogP contribution is -1.70. The molecule has 0 spiro atoms. The molecular formula is C14H19. The molecule has 0 unspecified atom stereocenters. The zero-order valence-electron chi connectivity index (χ0n) is 8.73. The van der Waals surface area contributed by atoms with Crippen LogP contribution >= 0.6 is 0 Å². The molecule has 0 fully saturated rings. The van der Waals surface area contributed by atoms with E-state index < -0.39 is 0 Å². The van der Waals surface area contributed by atoms with Gasteiger partial charge in [0.05, 0.1) is 0 Å². The van der Waals surface area contributed by atoms with Crippen LogP contribution in [-0.2, 0) is 0 Å². The summed E-state index contributed by atoms with van der Waals surface area (Å²) >= 11 is 0. The Morgan fingerprint density at radius 3 is 1.86 bits per heavy atom. The van der Waals surface area contributed by atoms with E-state index in [4.69, 9.17) is 0 Å². The van der Waals surface area contributed by atoms with E-state index >= 15 is 0 Å². The van der Waals surface area contributed by atoms with E-state index in [9.17, 15) is 0 Å². The van der Waals surface area contributed by atoms with E-state index in [1.165, 1.54) is 6.42 Å².